The number of hydrogen-bond donors (Lipinski definition) is 3. The van der Waals surface area contributed by atoms with Gasteiger partial charge in [-0.05, 0) is 24.3 Å². The Morgan fingerprint density at radius 2 is 1.85 bits per heavy atom. The van der Waals surface area contributed by atoms with Crippen LogP contribution in [0.1, 0.15) is 10.6 Å². The van der Waals surface area contributed by atoms with Crippen LogP contribution in [0.25, 0.3) is 0 Å². The zero-order chi connectivity index (χ0) is 18.1. The van der Waals surface area contributed by atoms with Crippen molar-refractivity contribution in [1.29, 1.82) is 0 Å². The van der Waals surface area contributed by atoms with E-state index in [0.717, 1.165) is 5.69 Å². The second-order valence-electron chi connectivity index (χ2n) is 4.93. The van der Waals surface area contributed by atoms with Gasteiger partial charge in [0, 0.05) is 31.9 Å². The minimum Gasteiger partial charge on any atom is -0.493 e. The summed E-state index contributed by atoms with van der Waals surface area (Å²) in [4.78, 5) is 15.9. The molecule has 9 heteroatoms. The van der Waals surface area contributed by atoms with Gasteiger partial charge in [-0.15, -0.1) is 24.0 Å². The third-order valence-electron chi connectivity index (χ3n) is 3.32. The molecule has 0 unspecified atom stereocenters. The molecule has 0 aliphatic heterocycles. The summed E-state index contributed by atoms with van der Waals surface area (Å²) in [5.41, 5.74) is 0.797. The number of nitrogens with zero attached hydrogens (tertiary/aromatic N) is 1. The molecule has 1 aromatic heterocycles. The summed E-state index contributed by atoms with van der Waals surface area (Å²) in [6.45, 7) is 0.922. The fraction of sp³-hybridized carbons (Fsp3) is 0.294. The first-order valence-corrected chi connectivity index (χ1v) is 7.69. The van der Waals surface area contributed by atoms with Gasteiger partial charge in [0.15, 0.2) is 23.2 Å². The summed E-state index contributed by atoms with van der Waals surface area (Å²) in [5, 5.41) is 9.00. The number of methoxy groups -OCH3 is 2. The zero-order valence-electron chi connectivity index (χ0n) is 14.9. The number of anilines is 1. The van der Waals surface area contributed by atoms with Crippen LogP contribution in [0, 0.1) is 0 Å². The predicted molar refractivity (Wildman–Crippen MR) is 111 cm³/mol. The molecular weight excluding hydrogens is 451 g/mol. The van der Waals surface area contributed by atoms with Crippen LogP contribution < -0.4 is 25.4 Å². The van der Waals surface area contributed by atoms with Crippen molar-refractivity contribution in [2.24, 2.45) is 4.99 Å². The third kappa shape index (κ3) is 6.14. The van der Waals surface area contributed by atoms with Crippen LogP contribution in [0.3, 0.4) is 0 Å². The van der Waals surface area contributed by atoms with Crippen LogP contribution in [-0.4, -0.2) is 46.2 Å². The Kier molecular flexibility index (Phi) is 9.34. The van der Waals surface area contributed by atoms with Crippen molar-refractivity contribution < 1.29 is 18.7 Å². The van der Waals surface area contributed by atoms with E-state index in [4.69, 9.17) is 13.9 Å². The Balaban J connectivity index is 0.00000338. The first-order valence-electron chi connectivity index (χ1n) is 7.69. The Labute approximate surface area is 169 Å². The molecule has 0 atom stereocenters. The highest BCUT2D eigenvalue weighted by Gasteiger charge is 2.08. The topological polar surface area (TPSA) is 97.1 Å². The van der Waals surface area contributed by atoms with E-state index in [1.54, 1.807) is 39.5 Å². The maximum Gasteiger partial charge on any atom is 0.287 e. The lowest BCUT2D eigenvalue weighted by molar-refractivity contribution is 0.0926. The number of benzene rings is 1. The fourth-order valence-corrected chi connectivity index (χ4v) is 2.08. The highest BCUT2D eigenvalue weighted by Crippen LogP contribution is 2.29. The van der Waals surface area contributed by atoms with E-state index in [9.17, 15) is 4.79 Å². The Bertz CT molecular complexity index is 720. The number of amides is 1. The number of furan rings is 1. The highest BCUT2D eigenvalue weighted by molar-refractivity contribution is 14.0. The molecule has 0 saturated heterocycles. The van der Waals surface area contributed by atoms with E-state index < -0.39 is 0 Å². The number of carbonyl (C=O) groups excluding carboxylic acids is 1. The molecule has 0 bridgehead atoms. The Hall–Kier alpha value is -2.43. The molecule has 8 nitrogen and oxygen atoms in total. The summed E-state index contributed by atoms with van der Waals surface area (Å²) in [6.07, 6.45) is 1.46. The Morgan fingerprint density at radius 1 is 1.12 bits per heavy atom. The second-order valence-corrected chi connectivity index (χ2v) is 4.93. The maximum absolute atomic E-state index is 11.7. The molecule has 3 N–H and O–H groups in total. The molecule has 1 heterocycles. The number of nitrogens with one attached hydrogen (secondary N) is 3. The van der Waals surface area contributed by atoms with Crippen LogP contribution in [0.5, 0.6) is 11.5 Å². The SMILES string of the molecule is CN=C(NCCNC(=O)c1ccco1)Nc1ccc(OC)c(OC)c1.I. The normalized spacial score (nSPS) is 10.5. The first kappa shape index (κ1) is 21.6. The molecule has 1 aromatic carbocycles. The van der Waals surface area contributed by atoms with Gasteiger partial charge >= 0.3 is 0 Å². The van der Waals surface area contributed by atoms with Crippen molar-refractivity contribution in [3.05, 3.63) is 42.4 Å². The van der Waals surface area contributed by atoms with Crippen LogP contribution in [0.4, 0.5) is 5.69 Å². The molecule has 0 fully saturated rings. The standard InChI is InChI=1S/C17H22N4O4.HI/c1-18-17(20-9-8-19-16(22)14-5-4-10-25-14)21-12-6-7-13(23-2)15(11-12)24-3;/h4-7,10-11H,8-9H2,1-3H3,(H,19,22)(H2,18,20,21);1H. The van der Waals surface area contributed by atoms with Gasteiger partial charge in [-0.1, -0.05) is 0 Å². The molecule has 0 aliphatic rings. The molecule has 0 aliphatic carbocycles. The van der Waals surface area contributed by atoms with E-state index in [1.807, 2.05) is 12.1 Å². The molecule has 2 rings (SSSR count). The monoisotopic (exact) mass is 474 g/mol. The largest absolute Gasteiger partial charge is 0.493 e. The summed E-state index contributed by atoms with van der Waals surface area (Å²) in [7, 11) is 4.83. The number of halogens is 1. The van der Waals surface area contributed by atoms with Gasteiger partial charge in [0.2, 0.25) is 0 Å². The van der Waals surface area contributed by atoms with Crippen molar-refractivity contribution in [1.82, 2.24) is 10.6 Å². The molecule has 142 valence electrons. The van der Waals surface area contributed by atoms with E-state index >= 15 is 0 Å². The Morgan fingerprint density at radius 3 is 2.46 bits per heavy atom. The minimum atomic E-state index is -0.255. The molecule has 0 saturated carbocycles. The van der Waals surface area contributed by atoms with Crippen molar-refractivity contribution >= 4 is 41.5 Å². The fourth-order valence-electron chi connectivity index (χ4n) is 2.08. The number of ether oxygens (including phenoxy) is 2. The molecule has 26 heavy (non-hydrogen) atoms. The summed E-state index contributed by atoms with van der Waals surface area (Å²) < 4.78 is 15.5. The molecular formula is C17H23IN4O4. The van der Waals surface area contributed by atoms with Gasteiger partial charge in [0.25, 0.3) is 5.91 Å². The van der Waals surface area contributed by atoms with Crippen molar-refractivity contribution in [3.8, 4) is 11.5 Å². The summed E-state index contributed by atoms with van der Waals surface area (Å²) >= 11 is 0. The average Bonchev–Trinajstić information content (AvgIpc) is 3.18. The van der Waals surface area contributed by atoms with Gasteiger partial charge in [0.05, 0.1) is 20.5 Å². The van der Waals surface area contributed by atoms with Crippen LogP contribution >= 0.6 is 24.0 Å². The average molecular weight is 474 g/mol. The number of aliphatic imine (C=N–C) groups is 1. The maximum atomic E-state index is 11.7. The van der Waals surface area contributed by atoms with Crippen LogP contribution in [0.15, 0.2) is 46.0 Å². The second kappa shape index (κ2) is 11.2. The number of guanidine groups is 1. The molecule has 0 spiro atoms. The van der Waals surface area contributed by atoms with E-state index in [0.29, 0.717) is 30.5 Å². The molecule has 0 radical (unpaired) electrons. The lowest BCUT2D eigenvalue weighted by Gasteiger charge is -2.14. The van der Waals surface area contributed by atoms with Gasteiger partial charge in [-0.3, -0.25) is 9.79 Å². The first-order chi connectivity index (χ1) is 12.2. The van der Waals surface area contributed by atoms with Crippen LogP contribution in [0.2, 0.25) is 0 Å². The van der Waals surface area contributed by atoms with E-state index in [-0.39, 0.29) is 35.6 Å². The van der Waals surface area contributed by atoms with Crippen LogP contribution in [-0.2, 0) is 0 Å². The molecule has 1 amide bonds. The zero-order valence-corrected chi connectivity index (χ0v) is 17.2. The quantitative estimate of drug-likeness (QED) is 0.247. The van der Waals surface area contributed by atoms with E-state index in [2.05, 4.69) is 20.9 Å². The molecule has 2 aromatic rings. The van der Waals surface area contributed by atoms with Crippen molar-refractivity contribution in [3.63, 3.8) is 0 Å². The number of rotatable bonds is 7. The van der Waals surface area contributed by atoms with Gasteiger partial charge in [0.1, 0.15) is 0 Å². The predicted octanol–water partition coefficient (Wildman–Crippen LogP) is 2.33. The van der Waals surface area contributed by atoms with Gasteiger partial charge < -0.3 is 29.8 Å². The number of hydrogen-bond acceptors (Lipinski definition) is 5. The highest BCUT2D eigenvalue weighted by atomic mass is 127. The van der Waals surface area contributed by atoms with E-state index in [1.165, 1.54) is 6.26 Å². The summed E-state index contributed by atoms with van der Waals surface area (Å²) in [5.74, 6) is 1.87. The smallest absolute Gasteiger partial charge is 0.287 e. The van der Waals surface area contributed by atoms with Gasteiger partial charge in [-0.2, -0.15) is 0 Å². The van der Waals surface area contributed by atoms with Gasteiger partial charge in [-0.25, -0.2) is 0 Å². The lowest BCUT2D eigenvalue weighted by atomic mass is 10.3. The third-order valence-corrected chi connectivity index (χ3v) is 3.32. The van der Waals surface area contributed by atoms with Crippen molar-refractivity contribution in [2.75, 3.05) is 39.7 Å². The summed E-state index contributed by atoms with van der Waals surface area (Å²) in [6, 6.07) is 8.75. The number of carbonyl (C=O) groups is 1. The lowest BCUT2D eigenvalue weighted by Crippen LogP contribution is -2.37. The van der Waals surface area contributed by atoms with Crippen molar-refractivity contribution in [2.45, 2.75) is 0 Å². The minimum absolute atomic E-state index is 0.